The molecule has 0 saturated carbocycles. The fraction of sp³-hybridized carbons (Fsp3) is 0.0357. The second-order valence-corrected chi connectivity index (χ2v) is 8.94. The fourth-order valence-corrected chi connectivity index (χ4v) is 3.83. The van der Waals surface area contributed by atoms with E-state index >= 15 is 0 Å². The molecule has 3 aromatic carbocycles. The Kier molecular flexibility index (Phi) is 10.7. The number of sulfone groups is 1. The van der Waals surface area contributed by atoms with E-state index in [1.165, 1.54) is 29.8 Å². The Bertz CT molecular complexity index is 1290. The Labute approximate surface area is 221 Å². The Morgan fingerprint density at radius 3 is 1.69 bits per heavy atom. The molecule has 0 amide bonds. The van der Waals surface area contributed by atoms with Gasteiger partial charge in [0.2, 0.25) is 0 Å². The van der Waals surface area contributed by atoms with Gasteiger partial charge < -0.3 is 10.2 Å². The number of pyridine rings is 1. The summed E-state index contributed by atoms with van der Waals surface area (Å²) in [5.41, 5.74) is 3.92. The smallest absolute Gasteiger partial charge is 0.872 e. The van der Waals surface area contributed by atoms with Crippen LogP contribution >= 0.6 is 0 Å². The average Bonchev–Trinajstić information content (AvgIpc) is 2.86. The van der Waals surface area contributed by atoms with Gasteiger partial charge in [-0.1, -0.05) is 108 Å². The molecule has 0 fully saturated rings. The molecule has 7 heteroatoms. The molecule has 1 aromatic heterocycles. The Balaban J connectivity index is 0.000000265. The van der Waals surface area contributed by atoms with Gasteiger partial charge in [-0.05, 0) is 29.3 Å². The van der Waals surface area contributed by atoms with Crippen LogP contribution in [0.4, 0.5) is 0 Å². The molecule has 0 atom stereocenters. The molecular weight excluding hydrogens is 643 g/mol. The fourth-order valence-electron chi connectivity index (χ4n) is 2.89. The van der Waals surface area contributed by atoms with E-state index in [2.05, 4.69) is 42.2 Å². The van der Waals surface area contributed by atoms with Crippen molar-refractivity contribution in [3.63, 3.8) is 0 Å². The number of hydrogen-bond acceptors (Lipinski definition) is 5. The summed E-state index contributed by atoms with van der Waals surface area (Å²) in [6.07, 6.45) is 1.69. The first-order chi connectivity index (χ1) is 16.3. The molecule has 4 rings (SSSR count). The average molecular weight is 666 g/mol. The largest absolute Gasteiger partial charge is 3.00 e. The predicted octanol–water partition coefficient (Wildman–Crippen LogP) is 3.97. The van der Waals surface area contributed by atoms with E-state index in [0.29, 0.717) is 10.8 Å². The molecule has 5 nitrogen and oxygen atoms in total. The second kappa shape index (κ2) is 13.5. The summed E-state index contributed by atoms with van der Waals surface area (Å²) in [5.74, 6) is -1.32. The van der Waals surface area contributed by atoms with Gasteiger partial charge in [0.15, 0.2) is 9.84 Å². The van der Waals surface area contributed by atoms with Gasteiger partial charge in [-0.15, -0.1) is 0 Å². The molecule has 0 spiro atoms. The Hall–Kier alpha value is -3.42. The number of hydrogen-bond donors (Lipinski definition) is 0. The predicted molar refractivity (Wildman–Crippen MR) is 131 cm³/mol. The van der Waals surface area contributed by atoms with Gasteiger partial charge in [-0.25, -0.2) is 20.6 Å². The minimum absolute atomic E-state index is 0. The SMILES string of the molecule is Cc1ccc(-c2cc[c-]cn2)cc1.O=S(=O)(C=C([O-])c1ccccc1)/C=C(\[O-])c1ccccc1.[Au+3]. The normalized spacial score (nSPS) is 11.6. The first-order valence-corrected chi connectivity index (χ1v) is 12.0. The van der Waals surface area contributed by atoms with Gasteiger partial charge in [-0.3, -0.25) is 4.98 Å². The van der Waals surface area contributed by atoms with E-state index < -0.39 is 21.4 Å². The molecule has 35 heavy (non-hydrogen) atoms. The van der Waals surface area contributed by atoms with Crippen LogP contribution in [0.1, 0.15) is 16.7 Å². The van der Waals surface area contributed by atoms with Crippen LogP contribution in [0.25, 0.3) is 22.8 Å². The van der Waals surface area contributed by atoms with E-state index in [0.717, 1.165) is 11.3 Å². The maximum atomic E-state index is 11.8. The molecule has 0 radical (unpaired) electrons. The number of nitrogens with zero attached hydrogens (tertiary/aromatic N) is 1. The van der Waals surface area contributed by atoms with Crippen LogP contribution in [-0.2, 0) is 32.2 Å². The van der Waals surface area contributed by atoms with E-state index in [9.17, 15) is 18.6 Å². The van der Waals surface area contributed by atoms with Gasteiger partial charge in [0.05, 0.1) is 0 Å². The van der Waals surface area contributed by atoms with Crippen molar-refractivity contribution in [2.24, 2.45) is 0 Å². The zero-order valence-electron chi connectivity index (χ0n) is 18.8. The third kappa shape index (κ3) is 9.03. The molecular formula is C28H22AuNO4S. The first kappa shape index (κ1) is 27.8. The van der Waals surface area contributed by atoms with Gasteiger partial charge in [0.1, 0.15) is 0 Å². The van der Waals surface area contributed by atoms with Crippen molar-refractivity contribution >= 4 is 21.4 Å². The minimum Gasteiger partial charge on any atom is -0.872 e. The summed E-state index contributed by atoms with van der Waals surface area (Å²) in [6, 6.07) is 31.1. The summed E-state index contributed by atoms with van der Waals surface area (Å²) in [6.45, 7) is 2.08. The zero-order chi connectivity index (χ0) is 24.4. The third-order valence-electron chi connectivity index (χ3n) is 4.62. The molecule has 1 heterocycles. The van der Waals surface area contributed by atoms with Crippen molar-refractivity contribution in [2.45, 2.75) is 6.92 Å². The molecule has 0 unspecified atom stereocenters. The van der Waals surface area contributed by atoms with E-state index in [1.807, 2.05) is 12.1 Å². The van der Waals surface area contributed by atoms with Crippen LogP contribution in [0.15, 0.2) is 114 Å². The summed E-state index contributed by atoms with van der Waals surface area (Å²) >= 11 is 0. The standard InChI is InChI=1S/C16H14O4S.C12H10N.Au/c17-15(13-7-3-1-4-8-13)11-21(19,20)12-16(18)14-9-5-2-6-10-14;1-10-5-7-11(8-6-10)12-4-2-3-9-13-12;/h1-12,17-18H;2,4-9H,1H3;/q;-1;+3/p-2/b15-11-,16-12?;;. The molecule has 0 aliphatic rings. The van der Waals surface area contributed by atoms with Crippen molar-refractivity contribution < 1.29 is 41.0 Å². The van der Waals surface area contributed by atoms with Crippen LogP contribution in [0.3, 0.4) is 0 Å². The molecule has 0 bridgehead atoms. The molecule has 0 saturated heterocycles. The van der Waals surface area contributed by atoms with E-state index in [-0.39, 0.29) is 33.5 Å². The Morgan fingerprint density at radius 2 is 1.26 bits per heavy atom. The Morgan fingerprint density at radius 1 is 0.771 bits per heavy atom. The molecule has 0 aliphatic heterocycles. The van der Waals surface area contributed by atoms with Crippen molar-refractivity contribution in [1.82, 2.24) is 4.98 Å². The quantitative estimate of drug-likeness (QED) is 0.183. The molecule has 4 aromatic rings. The van der Waals surface area contributed by atoms with Crippen molar-refractivity contribution in [3.8, 4) is 11.3 Å². The van der Waals surface area contributed by atoms with Crippen molar-refractivity contribution in [1.29, 1.82) is 0 Å². The summed E-state index contributed by atoms with van der Waals surface area (Å²) < 4.78 is 23.7. The summed E-state index contributed by atoms with van der Waals surface area (Å²) in [7, 11) is -4.03. The van der Waals surface area contributed by atoms with Gasteiger partial charge in [-0.2, -0.15) is 6.07 Å². The maximum Gasteiger partial charge on any atom is 3.00 e. The second-order valence-electron chi connectivity index (χ2n) is 7.29. The van der Waals surface area contributed by atoms with Gasteiger partial charge in [0, 0.05) is 10.8 Å². The first-order valence-electron chi connectivity index (χ1n) is 10.4. The summed E-state index contributed by atoms with van der Waals surface area (Å²) in [4.78, 5) is 4.22. The minimum atomic E-state index is -4.03. The van der Waals surface area contributed by atoms with E-state index in [1.54, 1.807) is 42.6 Å². The topological polar surface area (TPSA) is 93.2 Å². The monoisotopic (exact) mass is 665 g/mol. The number of rotatable bonds is 5. The van der Waals surface area contributed by atoms with Gasteiger partial charge >= 0.3 is 22.4 Å². The van der Waals surface area contributed by atoms with E-state index in [4.69, 9.17) is 0 Å². The maximum absolute atomic E-state index is 11.8. The molecule has 0 aliphatic carbocycles. The van der Waals surface area contributed by atoms with Gasteiger partial charge in [0.25, 0.3) is 0 Å². The van der Waals surface area contributed by atoms with Crippen LogP contribution in [-0.4, -0.2) is 13.4 Å². The number of aryl methyl sites for hydroxylation is 1. The number of benzene rings is 3. The van der Waals surface area contributed by atoms with Crippen LogP contribution in [0.5, 0.6) is 0 Å². The van der Waals surface area contributed by atoms with Crippen molar-refractivity contribution in [2.75, 3.05) is 0 Å². The summed E-state index contributed by atoms with van der Waals surface area (Å²) in [5, 5.41) is 24.7. The van der Waals surface area contributed by atoms with Crippen molar-refractivity contribution in [3.05, 3.63) is 137 Å². The zero-order valence-corrected chi connectivity index (χ0v) is 21.7. The van der Waals surface area contributed by atoms with Crippen LogP contribution < -0.4 is 10.2 Å². The third-order valence-corrected chi connectivity index (χ3v) is 5.71. The van der Waals surface area contributed by atoms with Crippen LogP contribution in [0.2, 0.25) is 0 Å². The number of aromatic nitrogens is 1. The van der Waals surface area contributed by atoms with Crippen LogP contribution in [0, 0.1) is 13.0 Å². The molecule has 180 valence electrons. The molecule has 0 N–H and O–H groups in total.